The number of nitrogens with one attached hydrogen (secondary N) is 1. The molecule has 2 heteroatoms. The molecule has 2 nitrogen and oxygen atoms in total. The summed E-state index contributed by atoms with van der Waals surface area (Å²) < 4.78 is 5.61. The van der Waals surface area contributed by atoms with Crippen LogP contribution in [0.3, 0.4) is 0 Å². The summed E-state index contributed by atoms with van der Waals surface area (Å²) in [6, 6.07) is 6.49. The minimum atomic E-state index is 0.500. The molecule has 1 aromatic rings. The van der Waals surface area contributed by atoms with Crippen LogP contribution in [-0.4, -0.2) is 19.3 Å². The van der Waals surface area contributed by atoms with Crippen molar-refractivity contribution in [1.29, 1.82) is 0 Å². The summed E-state index contributed by atoms with van der Waals surface area (Å²) in [5, 5.41) is 3.53. The second kappa shape index (κ2) is 6.18. The molecule has 1 saturated heterocycles. The fourth-order valence-corrected chi connectivity index (χ4v) is 2.48. The van der Waals surface area contributed by atoms with E-state index in [4.69, 9.17) is 4.74 Å². The first kappa shape index (κ1) is 12.6. The average Bonchev–Trinajstić information content (AvgIpc) is 2.80. The van der Waals surface area contributed by atoms with Crippen molar-refractivity contribution in [1.82, 2.24) is 5.32 Å². The SMILES string of the molecule is Cc1cccc(C)c1CNCCC1CCCO1. The molecule has 0 saturated carbocycles. The summed E-state index contributed by atoms with van der Waals surface area (Å²) in [6.45, 7) is 7.36. The summed E-state index contributed by atoms with van der Waals surface area (Å²) in [5.74, 6) is 0. The van der Waals surface area contributed by atoms with Gasteiger partial charge in [0.25, 0.3) is 0 Å². The van der Waals surface area contributed by atoms with Crippen molar-refractivity contribution in [2.24, 2.45) is 0 Å². The van der Waals surface area contributed by atoms with Gasteiger partial charge in [0.2, 0.25) is 0 Å². The molecule has 94 valence electrons. The maximum absolute atomic E-state index is 5.61. The smallest absolute Gasteiger partial charge is 0.0588 e. The number of rotatable bonds is 5. The van der Waals surface area contributed by atoms with Crippen LogP contribution in [-0.2, 0) is 11.3 Å². The van der Waals surface area contributed by atoms with Crippen molar-refractivity contribution in [3.63, 3.8) is 0 Å². The van der Waals surface area contributed by atoms with E-state index in [1.807, 2.05) is 0 Å². The molecular weight excluding hydrogens is 210 g/mol. The molecule has 0 aromatic heterocycles. The van der Waals surface area contributed by atoms with Crippen LogP contribution in [0, 0.1) is 13.8 Å². The van der Waals surface area contributed by atoms with Crippen LogP contribution >= 0.6 is 0 Å². The third-order valence-corrected chi connectivity index (χ3v) is 3.61. The highest BCUT2D eigenvalue weighted by molar-refractivity contribution is 5.33. The van der Waals surface area contributed by atoms with Crippen LogP contribution in [0.25, 0.3) is 0 Å². The van der Waals surface area contributed by atoms with E-state index < -0.39 is 0 Å². The largest absolute Gasteiger partial charge is 0.378 e. The first-order valence-corrected chi connectivity index (χ1v) is 6.65. The second-order valence-corrected chi connectivity index (χ2v) is 4.97. The van der Waals surface area contributed by atoms with Gasteiger partial charge >= 0.3 is 0 Å². The molecule has 1 fully saturated rings. The van der Waals surface area contributed by atoms with Crippen LogP contribution in [0.4, 0.5) is 0 Å². The van der Waals surface area contributed by atoms with E-state index in [0.29, 0.717) is 6.10 Å². The average molecular weight is 233 g/mol. The lowest BCUT2D eigenvalue weighted by Gasteiger charge is -2.13. The van der Waals surface area contributed by atoms with E-state index in [1.54, 1.807) is 0 Å². The fourth-order valence-electron chi connectivity index (χ4n) is 2.48. The molecule has 0 radical (unpaired) electrons. The Kier molecular flexibility index (Phi) is 4.57. The second-order valence-electron chi connectivity index (χ2n) is 4.97. The molecule has 0 aliphatic carbocycles. The Hall–Kier alpha value is -0.860. The van der Waals surface area contributed by atoms with E-state index in [2.05, 4.69) is 37.4 Å². The van der Waals surface area contributed by atoms with Crippen LogP contribution in [0.15, 0.2) is 18.2 Å². The van der Waals surface area contributed by atoms with Gasteiger partial charge in [-0.3, -0.25) is 0 Å². The molecule has 17 heavy (non-hydrogen) atoms. The zero-order valence-corrected chi connectivity index (χ0v) is 11.0. The van der Waals surface area contributed by atoms with Crippen LogP contribution < -0.4 is 5.32 Å². The standard InChI is InChI=1S/C15H23NO/c1-12-5-3-6-13(2)15(12)11-16-9-8-14-7-4-10-17-14/h3,5-6,14,16H,4,7-11H2,1-2H3. The Morgan fingerprint density at radius 3 is 2.71 bits per heavy atom. The Morgan fingerprint density at radius 1 is 1.29 bits per heavy atom. The summed E-state index contributed by atoms with van der Waals surface area (Å²) in [5.41, 5.74) is 4.21. The topological polar surface area (TPSA) is 21.3 Å². The molecular formula is C15H23NO. The fraction of sp³-hybridized carbons (Fsp3) is 0.600. The third-order valence-electron chi connectivity index (χ3n) is 3.61. The summed E-state index contributed by atoms with van der Waals surface area (Å²) >= 11 is 0. The van der Waals surface area contributed by atoms with Crippen LogP contribution in [0.2, 0.25) is 0 Å². The summed E-state index contributed by atoms with van der Waals surface area (Å²) in [6.07, 6.45) is 4.12. The Morgan fingerprint density at radius 2 is 2.06 bits per heavy atom. The van der Waals surface area contributed by atoms with Crippen molar-refractivity contribution < 1.29 is 4.74 Å². The lowest BCUT2D eigenvalue weighted by molar-refractivity contribution is 0.104. The predicted molar refractivity (Wildman–Crippen MR) is 71.2 cm³/mol. The molecule has 1 heterocycles. The molecule has 1 atom stereocenters. The van der Waals surface area contributed by atoms with Crippen LogP contribution in [0.1, 0.15) is 36.0 Å². The Bertz CT molecular complexity index is 336. The highest BCUT2D eigenvalue weighted by Gasteiger charge is 2.14. The van der Waals surface area contributed by atoms with Gasteiger partial charge in [-0.25, -0.2) is 0 Å². The van der Waals surface area contributed by atoms with E-state index in [9.17, 15) is 0 Å². The normalized spacial score (nSPS) is 19.8. The zero-order chi connectivity index (χ0) is 12.1. The van der Waals surface area contributed by atoms with Gasteiger partial charge in [0.15, 0.2) is 0 Å². The number of hydrogen-bond donors (Lipinski definition) is 1. The van der Waals surface area contributed by atoms with Gasteiger partial charge in [-0.15, -0.1) is 0 Å². The first-order valence-electron chi connectivity index (χ1n) is 6.65. The minimum absolute atomic E-state index is 0.500. The molecule has 1 aliphatic heterocycles. The zero-order valence-electron chi connectivity index (χ0n) is 11.0. The first-order chi connectivity index (χ1) is 8.27. The highest BCUT2D eigenvalue weighted by Crippen LogP contribution is 2.15. The monoisotopic (exact) mass is 233 g/mol. The lowest BCUT2D eigenvalue weighted by Crippen LogP contribution is -2.20. The van der Waals surface area contributed by atoms with Crippen molar-refractivity contribution in [2.75, 3.05) is 13.2 Å². The molecule has 0 spiro atoms. The van der Waals surface area contributed by atoms with Gasteiger partial charge in [0.05, 0.1) is 6.10 Å². The Balaban J connectivity index is 1.74. The van der Waals surface area contributed by atoms with Gasteiger partial charge in [-0.05, 0) is 56.3 Å². The summed E-state index contributed by atoms with van der Waals surface area (Å²) in [7, 11) is 0. The van der Waals surface area contributed by atoms with E-state index >= 15 is 0 Å². The van der Waals surface area contributed by atoms with E-state index in [0.717, 1.165) is 26.1 Å². The van der Waals surface area contributed by atoms with Crippen LogP contribution in [0.5, 0.6) is 0 Å². The van der Waals surface area contributed by atoms with Crippen molar-refractivity contribution >= 4 is 0 Å². The molecule has 0 bridgehead atoms. The Labute approximate surface area is 104 Å². The van der Waals surface area contributed by atoms with Gasteiger partial charge in [0, 0.05) is 13.2 Å². The number of hydrogen-bond acceptors (Lipinski definition) is 2. The predicted octanol–water partition coefficient (Wildman–Crippen LogP) is 2.96. The summed E-state index contributed by atoms with van der Waals surface area (Å²) in [4.78, 5) is 0. The van der Waals surface area contributed by atoms with E-state index in [-0.39, 0.29) is 0 Å². The lowest BCUT2D eigenvalue weighted by atomic mass is 10.0. The maximum atomic E-state index is 5.61. The molecule has 0 amide bonds. The molecule has 1 aromatic carbocycles. The van der Waals surface area contributed by atoms with Crippen molar-refractivity contribution in [2.45, 2.75) is 45.8 Å². The molecule has 1 N–H and O–H groups in total. The van der Waals surface area contributed by atoms with Crippen molar-refractivity contribution in [3.8, 4) is 0 Å². The molecule has 2 rings (SSSR count). The molecule has 1 aliphatic rings. The van der Waals surface area contributed by atoms with Gasteiger partial charge < -0.3 is 10.1 Å². The molecule has 1 unspecified atom stereocenters. The van der Waals surface area contributed by atoms with Crippen molar-refractivity contribution in [3.05, 3.63) is 34.9 Å². The van der Waals surface area contributed by atoms with Gasteiger partial charge in [-0.1, -0.05) is 18.2 Å². The third kappa shape index (κ3) is 3.55. The van der Waals surface area contributed by atoms with E-state index in [1.165, 1.54) is 29.5 Å². The minimum Gasteiger partial charge on any atom is -0.378 e. The quantitative estimate of drug-likeness (QED) is 0.789. The highest BCUT2D eigenvalue weighted by atomic mass is 16.5. The number of benzene rings is 1. The number of aryl methyl sites for hydroxylation is 2. The van der Waals surface area contributed by atoms with Gasteiger partial charge in [0.1, 0.15) is 0 Å². The number of ether oxygens (including phenoxy) is 1. The maximum Gasteiger partial charge on any atom is 0.0588 e. The van der Waals surface area contributed by atoms with Gasteiger partial charge in [-0.2, -0.15) is 0 Å².